The maximum absolute atomic E-state index is 12.6. The van der Waals surface area contributed by atoms with Crippen molar-refractivity contribution in [1.29, 1.82) is 0 Å². The van der Waals surface area contributed by atoms with Gasteiger partial charge in [0.15, 0.2) is 0 Å². The lowest BCUT2D eigenvalue weighted by molar-refractivity contribution is -0.142. The van der Waals surface area contributed by atoms with Crippen LogP contribution in [-0.2, 0) is 14.4 Å². The Morgan fingerprint density at radius 2 is 2.00 bits per heavy atom. The second-order valence-electron chi connectivity index (χ2n) is 5.49. The Bertz CT molecular complexity index is 492. The summed E-state index contributed by atoms with van der Waals surface area (Å²) in [6, 6.07) is -2.20. The molecule has 4 amide bonds. The van der Waals surface area contributed by atoms with Crippen molar-refractivity contribution in [3.05, 3.63) is 0 Å². The summed E-state index contributed by atoms with van der Waals surface area (Å²) >= 11 is 0. The van der Waals surface area contributed by atoms with Crippen molar-refractivity contribution in [2.24, 2.45) is 5.92 Å². The topological polar surface area (TPSA) is 107 Å². The van der Waals surface area contributed by atoms with Crippen LogP contribution in [0.25, 0.3) is 0 Å². The molecule has 0 aromatic rings. The fourth-order valence-corrected chi connectivity index (χ4v) is 2.98. The van der Waals surface area contributed by atoms with E-state index in [9.17, 15) is 24.3 Å². The van der Waals surface area contributed by atoms with Crippen LogP contribution in [0, 0.1) is 5.92 Å². The Morgan fingerprint density at radius 1 is 1.33 bits per heavy atom. The number of carboxylic acid groups (broad SMARTS) is 1. The summed E-state index contributed by atoms with van der Waals surface area (Å²) in [6.45, 7) is 3.61. The lowest BCUT2D eigenvalue weighted by Gasteiger charge is -2.37. The number of aliphatic carboxylic acids is 1. The molecule has 0 radical (unpaired) electrons. The summed E-state index contributed by atoms with van der Waals surface area (Å²) < 4.78 is 0. The predicted octanol–water partition coefficient (Wildman–Crippen LogP) is -0.362. The molecule has 2 aliphatic heterocycles. The molecule has 21 heavy (non-hydrogen) atoms. The van der Waals surface area contributed by atoms with Crippen molar-refractivity contribution in [3.63, 3.8) is 0 Å². The highest BCUT2D eigenvalue weighted by Gasteiger charge is 2.44. The molecule has 0 saturated carbocycles. The summed E-state index contributed by atoms with van der Waals surface area (Å²) in [4.78, 5) is 49.6. The summed E-state index contributed by atoms with van der Waals surface area (Å²) in [5, 5.41) is 11.5. The van der Waals surface area contributed by atoms with Crippen molar-refractivity contribution in [3.8, 4) is 0 Å². The van der Waals surface area contributed by atoms with E-state index in [1.807, 2.05) is 0 Å². The maximum atomic E-state index is 12.6. The van der Waals surface area contributed by atoms with Gasteiger partial charge in [-0.05, 0) is 18.8 Å². The second kappa shape index (κ2) is 5.71. The van der Waals surface area contributed by atoms with Gasteiger partial charge in [-0.2, -0.15) is 0 Å². The number of nitrogens with one attached hydrogen (secondary N) is 1. The molecule has 0 aromatic heterocycles. The van der Waals surface area contributed by atoms with Gasteiger partial charge in [0.05, 0.1) is 0 Å². The number of carbonyl (C=O) groups is 4. The number of imide groups is 1. The molecule has 0 aliphatic carbocycles. The van der Waals surface area contributed by atoms with Crippen LogP contribution in [0.15, 0.2) is 0 Å². The van der Waals surface area contributed by atoms with E-state index in [4.69, 9.17) is 0 Å². The summed E-state index contributed by atoms with van der Waals surface area (Å²) in [7, 11) is 0. The zero-order valence-electron chi connectivity index (χ0n) is 12.0. The van der Waals surface area contributed by atoms with Gasteiger partial charge < -0.3 is 14.9 Å². The lowest BCUT2D eigenvalue weighted by Crippen LogP contribution is -2.62. The molecular formula is C13H19N3O5. The van der Waals surface area contributed by atoms with Gasteiger partial charge >= 0.3 is 12.0 Å². The first-order valence-electron chi connectivity index (χ1n) is 7.00. The smallest absolute Gasteiger partial charge is 0.326 e. The molecule has 2 heterocycles. The van der Waals surface area contributed by atoms with E-state index < -0.39 is 35.9 Å². The summed E-state index contributed by atoms with van der Waals surface area (Å²) in [5.41, 5.74) is 0. The minimum atomic E-state index is -1.06. The van der Waals surface area contributed by atoms with E-state index in [1.54, 1.807) is 13.8 Å². The number of rotatable bonds is 2. The first kappa shape index (κ1) is 15.3. The minimum Gasteiger partial charge on any atom is -0.480 e. The van der Waals surface area contributed by atoms with E-state index in [0.717, 1.165) is 0 Å². The number of amides is 4. The quantitative estimate of drug-likeness (QED) is 0.677. The normalized spacial score (nSPS) is 29.5. The van der Waals surface area contributed by atoms with Crippen LogP contribution in [-0.4, -0.2) is 63.9 Å². The Labute approximate surface area is 122 Å². The highest BCUT2D eigenvalue weighted by atomic mass is 16.4. The fraction of sp³-hybridized carbons (Fsp3) is 0.692. The highest BCUT2D eigenvalue weighted by Crippen LogP contribution is 2.26. The first-order valence-corrected chi connectivity index (χ1v) is 7.00. The van der Waals surface area contributed by atoms with E-state index in [0.29, 0.717) is 19.4 Å². The van der Waals surface area contributed by atoms with Crippen LogP contribution < -0.4 is 5.32 Å². The largest absolute Gasteiger partial charge is 0.480 e. The zero-order valence-corrected chi connectivity index (χ0v) is 12.0. The number of likely N-dealkylation sites (tertiary alicyclic amines) is 1. The summed E-state index contributed by atoms with van der Waals surface area (Å²) in [6.07, 6.45) is 0.958. The van der Waals surface area contributed by atoms with Gasteiger partial charge in [-0.3, -0.25) is 14.9 Å². The van der Waals surface area contributed by atoms with Crippen LogP contribution in [0.3, 0.4) is 0 Å². The van der Waals surface area contributed by atoms with Crippen molar-refractivity contribution in [2.45, 2.75) is 38.8 Å². The van der Waals surface area contributed by atoms with Crippen LogP contribution in [0.5, 0.6) is 0 Å². The molecule has 2 N–H and O–H groups in total. The van der Waals surface area contributed by atoms with Crippen molar-refractivity contribution >= 4 is 23.8 Å². The molecule has 8 heteroatoms. The highest BCUT2D eigenvalue weighted by molar-refractivity contribution is 6.04. The fourth-order valence-electron chi connectivity index (χ4n) is 2.98. The van der Waals surface area contributed by atoms with Gasteiger partial charge in [0.25, 0.3) is 0 Å². The van der Waals surface area contributed by atoms with Gasteiger partial charge in [0.2, 0.25) is 11.8 Å². The molecule has 3 atom stereocenters. The molecule has 0 bridgehead atoms. The van der Waals surface area contributed by atoms with Crippen molar-refractivity contribution in [2.75, 3.05) is 13.1 Å². The SMILES string of the molecule is CCC1C(=O)NC(=O)CN1C(=O)N1CCC(C)C1C(=O)O. The molecule has 2 fully saturated rings. The molecule has 0 aromatic carbocycles. The monoisotopic (exact) mass is 297 g/mol. The number of hydrogen-bond acceptors (Lipinski definition) is 4. The Balaban J connectivity index is 2.23. The molecule has 116 valence electrons. The van der Waals surface area contributed by atoms with Crippen molar-refractivity contribution < 1.29 is 24.3 Å². The summed E-state index contributed by atoms with van der Waals surface area (Å²) in [5.74, 6) is -2.27. The molecule has 2 saturated heterocycles. The van der Waals surface area contributed by atoms with Gasteiger partial charge in [-0.1, -0.05) is 13.8 Å². The molecular weight excluding hydrogens is 278 g/mol. The molecule has 3 unspecified atom stereocenters. The van der Waals surface area contributed by atoms with Crippen LogP contribution in [0.2, 0.25) is 0 Å². The zero-order chi connectivity index (χ0) is 15.7. The minimum absolute atomic E-state index is 0.152. The van der Waals surface area contributed by atoms with E-state index in [1.165, 1.54) is 9.80 Å². The van der Waals surface area contributed by atoms with E-state index in [-0.39, 0.29) is 12.5 Å². The molecule has 2 aliphatic rings. The van der Waals surface area contributed by atoms with Crippen LogP contribution >= 0.6 is 0 Å². The second-order valence-corrected chi connectivity index (χ2v) is 5.49. The molecule has 8 nitrogen and oxygen atoms in total. The lowest BCUT2D eigenvalue weighted by atomic mass is 10.0. The third kappa shape index (κ3) is 2.70. The third-order valence-electron chi connectivity index (χ3n) is 4.09. The number of hydrogen-bond donors (Lipinski definition) is 2. The average molecular weight is 297 g/mol. The number of urea groups is 1. The average Bonchev–Trinajstić information content (AvgIpc) is 2.79. The standard InChI is InChI=1S/C13H19N3O5/c1-3-8-11(18)14-9(17)6-16(8)13(21)15-5-4-7(2)10(15)12(19)20/h7-8,10H,3-6H2,1-2H3,(H,19,20)(H,14,17,18). The molecule has 0 spiro atoms. The van der Waals surface area contributed by atoms with E-state index >= 15 is 0 Å². The number of carbonyl (C=O) groups excluding carboxylic acids is 3. The third-order valence-corrected chi connectivity index (χ3v) is 4.09. The van der Waals surface area contributed by atoms with Gasteiger partial charge in [-0.15, -0.1) is 0 Å². The first-order chi connectivity index (χ1) is 9.86. The van der Waals surface area contributed by atoms with Gasteiger partial charge in [-0.25, -0.2) is 9.59 Å². The Morgan fingerprint density at radius 3 is 2.57 bits per heavy atom. The Kier molecular flexibility index (Phi) is 4.15. The Hall–Kier alpha value is -2.12. The maximum Gasteiger partial charge on any atom is 0.326 e. The van der Waals surface area contributed by atoms with Crippen LogP contribution in [0.1, 0.15) is 26.7 Å². The van der Waals surface area contributed by atoms with Gasteiger partial charge in [0, 0.05) is 6.54 Å². The van der Waals surface area contributed by atoms with Crippen molar-refractivity contribution in [1.82, 2.24) is 15.1 Å². The van der Waals surface area contributed by atoms with Crippen LogP contribution in [0.4, 0.5) is 4.79 Å². The van der Waals surface area contributed by atoms with Gasteiger partial charge in [0.1, 0.15) is 18.6 Å². The number of nitrogens with zero attached hydrogens (tertiary/aromatic N) is 2. The predicted molar refractivity (Wildman–Crippen MR) is 71.2 cm³/mol. The number of piperazine rings is 1. The molecule has 2 rings (SSSR count). The van der Waals surface area contributed by atoms with E-state index in [2.05, 4.69) is 5.32 Å². The number of carboxylic acids is 1.